The summed E-state index contributed by atoms with van der Waals surface area (Å²) in [6.45, 7) is 1.46. The number of sulfonamides is 1. The molecule has 0 saturated heterocycles. The molecule has 2 aromatic heterocycles. The van der Waals surface area contributed by atoms with E-state index in [1.807, 2.05) is 30.3 Å². The Morgan fingerprint density at radius 2 is 1.96 bits per heavy atom. The average Bonchev–Trinajstić information content (AvgIpc) is 3.26. The van der Waals surface area contributed by atoms with Gasteiger partial charge in [-0.3, -0.25) is 0 Å². The van der Waals surface area contributed by atoms with Gasteiger partial charge in [-0.1, -0.05) is 24.3 Å². The Kier molecular flexibility index (Phi) is 4.28. The lowest BCUT2D eigenvalue weighted by molar-refractivity contribution is 0.0667. The molecule has 2 N–H and O–H groups in total. The van der Waals surface area contributed by atoms with Crippen LogP contribution in [-0.2, 0) is 15.6 Å². The highest BCUT2D eigenvalue weighted by atomic mass is 32.2. The first-order valence-electron chi connectivity index (χ1n) is 7.79. The van der Waals surface area contributed by atoms with Crippen molar-refractivity contribution < 1.29 is 13.5 Å². The molecule has 0 fully saturated rings. The number of benzene rings is 2. The molecular weight excluding hydrogens is 390 g/mol. The standard InChI is InChI=1S/C17H15N3O3S3/c1-17(21,15-9-11-5-2-3-7-13(11)24-15)10-18-26(22,23)14-8-4-6-12-16(14)20-25-19-12/h2-9,18,21H,10H2,1H3/t17-/m1/s1. The molecule has 1 atom stereocenters. The van der Waals surface area contributed by atoms with E-state index in [0.29, 0.717) is 15.9 Å². The Bertz CT molecular complexity index is 1160. The summed E-state index contributed by atoms with van der Waals surface area (Å²) in [6, 6.07) is 14.5. The van der Waals surface area contributed by atoms with E-state index in [2.05, 4.69) is 13.5 Å². The Morgan fingerprint density at radius 3 is 2.77 bits per heavy atom. The maximum absolute atomic E-state index is 12.7. The lowest BCUT2D eigenvalue weighted by Crippen LogP contribution is -2.38. The largest absolute Gasteiger partial charge is 0.383 e. The van der Waals surface area contributed by atoms with Crippen LogP contribution in [0.25, 0.3) is 21.1 Å². The third-order valence-corrected chi connectivity index (χ3v) is 7.45. The Balaban J connectivity index is 1.61. The smallest absolute Gasteiger partial charge is 0.242 e. The first kappa shape index (κ1) is 17.5. The average molecular weight is 406 g/mol. The zero-order chi connectivity index (χ0) is 18.4. The van der Waals surface area contributed by atoms with Crippen LogP contribution in [0.5, 0.6) is 0 Å². The van der Waals surface area contributed by atoms with Gasteiger partial charge in [-0.15, -0.1) is 11.3 Å². The highest BCUT2D eigenvalue weighted by molar-refractivity contribution is 7.89. The van der Waals surface area contributed by atoms with Crippen LogP contribution in [0.3, 0.4) is 0 Å². The van der Waals surface area contributed by atoms with Gasteiger partial charge in [0.05, 0.1) is 11.7 Å². The van der Waals surface area contributed by atoms with Gasteiger partial charge in [0, 0.05) is 16.1 Å². The molecule has 0 spiro atoms. The SMILES string of the molecule is C[C@@](O)(CNS(=O)(=O)c1cccc2nsnc12)c1cc2ccccc2s1. The molecule has 4 rings (SSSR count). The number of fused-ring (bicyclic) bond motifs is 2. The van der Waals surface area contributed by atoms with Gasteiger partial charge in [0.2, 0.25) is 10.0 Å². The highest BCUT2D eigenvalue weighted by Crippen LogP contribution is 2.33. The molecule has 2 aromatic carbocycles. The van der Waals surface area contributed by atoms with Crippen LogP contribution in [0.4, 0.5) is 0 Å². The van der Waals surface area contributed by atoms with Crippen LogP contribution in [0, 0.1) is 0 Å². The second-order valence-corrected chi connectivity index (χ2v) is 9.48. The molecule has 0 aliphatic carbocycles. The maximum atomic E-state index is 12.7. The zero-order valence-electron chi connectivity index (χ0n) is 13.7. The molecule has 134 valence electrons. The third kappa shape index (κ3) is 3.12. The molecule has 0 bridgehead atoms. The number of nitrogens with one attached hydrogen (secondary N) is 1. The molecule has 0 unspecified atom stereocenters. The van der Waals surface area contributed by atoms with Crippen molar-refractivity contribution in [3.8, 4) is 0 Å². The molecule has 26 heavy (non-hydrogen) atoms. The fourth-order valence-corrected chi connectivity index (χ4v) is 5.65. The lowest BCUT2D eigenvalue weighted by Gasteiger charge is -2.22. The predicted octanol–water partition coefficient (Wildman–Crippen LogP) is 3.09. The molecule has 0 aliphatic heterocycles. The first-order valence-corrected chi connectivity index (χ1v) is 10.8. The summed E-state index contributed by atoms with van der Waals surface area (Å²) in [4.78, 5) is 0.769. The van der Waals surface area contributed by atoms with Crippen LogP contribution in [-0.4, -0.2) is 28.8 Å². The van der Waals surface area contributed by atoms with Crippen LogP contribution in [0.15, 0.2) is 53.4 Å². The van der Waals surface area contributed by atoms with Gasteiger partial charge in [-0.2, -0.15) is 8.75 Å². The van der Waals surface area contributed by atoms with Crippen molar-refractivity contribution in [2.45, 2.75) is 17.4 Å². The second-order valence-electron chi connectivity index (χ2n) is 6.13. The van der Waals surface area contributed by atoms with Crippen molar-refractivity contribution in [2.24, 2.45) is 0 Å². The molecule has 0 aliphatic rings. The van der Waals surface area contributed by atoms with E-state index >= 15 is 0 Å². The Hall–Kier alpha value is -1.91. The predicted molar refractivity (Wildman–Crippen MR) is 104 cm³/mol. The minimum absolute atomic E-state index is 0.0656. The van der Waals surface area contributed by atoms with Crippen molar-refractivity contribution in [3.63, 3.8) is 0 Å². The third-order valence-electron chi connectivity index (χ3n) is 4.10. The summed E-state index contributed by atoms with van der Waals surface area (Å²) in [5.74, 6) is 0. The van der Waals surface area contributed by atoms with E-state index in [0.717, 1.165) is 21.8 Å². The first-order chi connectivity index (χ1) is 12.4. The zero-order valence-corrected chi connectivity index (χ0v) is 16.2. The van der Waals surface area contributed by atoms with Crippen molar-refractivity contribution in [2.75, 3.05) is 6.54 Å². The molecule has 0 saturated carbocycles. The molecular formula is C17H15N3O3S3. The number of aliphatic hydroxyl groups is 1. The number of rotatable bonds is 5. The van der Waals surface area contributed by atoms with Gasteiger partial charge in [0.25, 0.3) is 0 Å². The van der Waals surface area contributed by atoms with Crippen LogP contribution < -0.4 is 4.72 Å². The lowest BCUT2D eigenvalue weighted by atomic mass is 10.1. The summed E-state index contributed by atoms with van der Waals surface area (Å²) in [6.07, 6.45) is 0. The van der Waals surface area contributed by atoms with Gasteiger partial charge in [-0.25, -0.2) is 13.1 Å². The summed E-state index contributed by atoms with van der Waals surface area (Å²) in [7, 11) is -3.83. The Labute approximate surface area is 158 Å². The number of nitrogens with zero attached hydrogens (tertiary/aromatic N) is 2. The van der Waals surface area contributed by atoms with E-state index in [-0.39, 0.29) is 11.4 Å². The Morgan fingerprint density at radius 1 is 1.15 bits per heavy atom. The van der Waals surface area contributed by atoms with Gasteiger partial charge < -0.3 is 5.11 Å². The van der Waals surface area contributed by atoms with Crippen LogP contribution >= 0.6 is 23.1 Å². The second kappa shape index (κ2) is 6.36. The van der Waals surface area contributed by atoms with Crippen LogP contribution in [0.1, 0.15) is 11.8 Å². The van der Waals surface area contributed by atoms with Crippen molar-refractivity contribution in [1.82, 2.24) is 13.5 Å². The minimum atomic E-state index is -3.83. The van der Waals surface area contributed by atoms with E-state index in [9.17, 15) is 13.5 Å². The van der Waals surface area contributed by atoms with Crippen molar-refractivity contribution in [1.29, 1.82) is 0 Å². The highest BCUT2D eigenvalue weighted by Gasteiger charge is 2.29. The number of hydrogen-bond donors (Lipinski definition) is 2. The van der Waals surface area contributed by atoms with Crippen molar-refractivity contribution >= 4 is 54.2 Å². The topological polar surface area (TPSA) is 92.2 Å². The van der Waals surface area contributed by atoms with Gasteiger partial charge in [0.1, 0.15) is 21.5 Å². The fraction of sp³-hybridized carbons (Fsp3) is 0.176. The molecule has 4 aromatic rings. The number of thiophene rings is 1. The summed E-state index contributed by atoms with van der Waals surface area (Å²) in [5.41, 5.74) is -0.453. The monoisotopic (exact) mass is 405 g/mol. The maximum Gasteiger partial charge on any atom is 0.242 e. The molecule has 2 heterocycles. The molecule has 0 radical (unpaired) electrons. The normalized spacial score (nSPS) is 14.7. The van der Waals surface area contributed by atoms with Gasteiger partial charge in [0.15, 0.2) is 0 Å². The molecule has 9 heteroatoms. The van der Waals surface area contributed by atoms with Gasteiger partial charge in [-0.05, 0) is 36.6 Å². The van der Waals surface area contributed by atoms with E-state index < -0.39 is 15.6 Å². The van der Waals surface area contributed by atoms with E-state index in [1.165, 1.54) is 17.4 Å². The quantitative estimate of drug-likeness (QED) is 0.532. The summed E-state index contributed by atoms with van der Waals surface area (Å²) < 4.78 is 37.1. The fourth-order valence-electron chi connectivity index (χ4n) is 2.65. The minimum Gasteiger partial charge on any atom is -0.383 e. The van der Waals surface area contributed by atoms with Gasteiger partial charge >= 0.3 is 0 Å². The molecule has 6 nitrogen and oxygen atoms in total. The van der Waals surface area contributed by atoms with E-state index in [1.54, 1.807) is 19.1 Å². The summed E-state index contributed by atoms with van der Waals surface area (Å²) in [5, 5.41) is 11.9. The molecule has 0 amide bonds. The number of hydrogen-bond acceptors (Lipinski definition) is 7. The van der Waals surface area contributed by atoms with Crippen LogP contribution in [0.2, 0.25) is 0 Å². The number of aromatic nitrogens is 2. The van der Waals surface area contributed by atoms with Crippen molar-refractivity contribution in [3.05, 3.63) is 53.4 Å². The summed E-state index contributed by atoms with van der Waals surface area (Å²) >= 11 is 2.42. The van der Waals surface area contributed by atoms with E-state index in [4.69, 9.17) is 0 Å².